The molecule has 0 amide bonds. The third kappa shape index (κ3) is 5.79. The molecule has 15 heavy (non-hydrogen) atoms. The monoisotopic (exact) mass is 231 g/mol. The number of aliphatic hydroxyl groups is 1. The molecule has 0 saturated heterocycles. The molecule has 0 aromatic carbocycles. The van der Waals surface area contributed by atoms with Gasteiger partial charge in [0.05, 0.1) is 0 Å². The molecule has 2 atom stereocenters. The zero-order chi connectivity index (χ0) is 10.9. The van der Waals surface area contributed by atoms with Gasteiger partial charge in [0.25, 0.3) is 0 Å². The van der Waals surface area contributed by atoms with E-state index in [-0.39, 0.29) is 0 Å². The van der Waals surface area contributed by atoms with Gasteiger partial charge in [-0.2, -0.15) is 11.8 Å². The first-order chi connectivity index (χ1) is 7.36. The number of hydrogen-bond acceptors (Lipinski definition) is 3. The van der Waals surface area contributed by atoms with Gasteiger partial charge in [-0.1, -0.05) is 6.92 Å². The summed E-state index contributed by atoms with van der Waals surface area (Å²) in [5, 5.41) is 13.2. The summed E-state index contributed by atoms with van der Waals surface area (Å²) in [7, 11) is 0. The molecule has 90 valence electrons. The highest BCUT2D eigenvalue weighted by Gasteiger charge is 2.23. The maximum Gasteiger partial charge on any atom is 0.0431 e. The minimum atomic E-state index is 0.346. The first kappa shape index (κ1) is 13.3. The standard InChI is InChI=1S/C12H25NOS/c1-2-15-12-7-6-11(10-12)13-8-4-3-5-9-14/h11-14H,2-10H2,1H3. The molecule has 0 bridgehead atoms. The van der Waals surface area contributed by atoms with Gasteiger partial charge in [-0.05, 0) is 50.8 Å². The third-order valence-corrected chi connectivity index (χ3v) is 4.29. The first-order valence-corrected chi connectivity index (χ1v) is 7.37. The van der Waals surface area contributed by atoms with Gasteiger partial charge in [0.15, 0.2) is 0 Å². The lowest BCUT2D eigenvalue weighted by atomic mass is 10.2. The van der Waals surface area contributed by atoms with Crippen molar-refractivity contribution in [1.82, 2.24) is 5.32 Å². The minimum Gasteiger partial charge on any atom is -0.396 e. The molecule has 3 heteroatoms. The second kappa shape index (κ2) is 8.43. The number of nitrogens with one attached hydrogen (secondary N) is 1. The quantitative estimate of drug-likeness (QED) is 0.629. The molecule has 0 aromatic rings. The largest absolute Gasteiger partial charge is 0.396 e. The van der Waals surface area contributed by atoms with Crippen LogP contribution in [0, 0.1) is 0 Å². The molecule has 0 radical (unpaired) electrons. The van der Waals surface area contributed by atoms with Crippen molar-refractivity contribution < 1.29 is 5.11 Å². The Hall–Kier alpha value is 0.270. The number of unbranched alkanes of at least 4 members (excludes halogenated alkanes) is 2. The minimum absolute atomic E-state index is 0.346. The Bertz CT molecular complexity index is 155. The molecule has 0 aliphatic heterocycles. The van der Waals surface area contributed by atoms with Gasteiger partial charge in [0.1, 0.15) is 0 Å². The normalized spacial score (nSPS) is 26.0. The van der Waals surface area contributed by atoms with E-state index in [4.69, 9.17) is 5.11 Å². The fraction of sp³-hybridized carbons (Fsp3) is 1.00. The van der Waals surface area contributed by atoms with Crippen LogP contribution in [0.2, 0.25) is 0 Å². The molecule has 0 aromatic heterocycles. The van der Waals surface area contributed by atoms with E-state index in [2.05, 4.69) is 24.0 Å². The van der Waals surface area contributed by atoms with Gasteiger partial charge >= 0.3 is 0 Å². The number of rotatable bonds is 8. The second-order valence-electron chi connectivity index (χ2n) is 4.33. The molecule has 1 aliphatic rings. The van der Waals surface area contributed by atoms with E-state index in [0.717, 1.165) is 30.7 Å². The molecular weight excluding hydrogens is 206 g/mol. The lowest BCUT2D eigenvalue weighted by molar-refractivity contribution is 0.282. The van der Waals surface area contributed by atoms with Crippen LogP contribution in [0.3, 0.4) is 0 Å². The van der Waals surface area contributed by atoms with Gasteiger partial charge in [0, 0.05) is 17.9 Å². The van der Waals surface area contributed by atoms with E-state index >= 15 is 0 Å². The van der Waals surface area contributed by atoms with Crippen LogP contribution < -0.4 is 5.32 Å². The summed E-state index contributed by atoms with van der Waals surface area (Å²) in [6, 6.07) is 0.767. The lowest BCUT2D eigenvalue weighted by Crippen LogP contribution is -2.27. The Morgan fingerprint density at radius 1 is 1.27 bits per heavy atom. The Balaban J connectivity index is 1.94. The van der Waals surface area contributed by atoms with Crippen LogP contribution in [-0.2, 0) is 0 Å². The third-order valence-electron chi connectivity index (χ3n) is 3.05. The molecule has 1 saturated carbocycles. The van der Waals surface area contributed by atoms with Crippen LogP contribution in [0.25, 0.3) is 0 Å². The second-order valence-corrected chi connectivity index (χ2v) is 5.90. The molecule has 2 N–H and O–H groups in total. The van der Waals surface area contributed by atoms with E-state index in [1.165, 1.54) is 31.4 Å². The highest BCUT2D eigenvalue weighted by molar-refractivity contribution is 7.99. The van der Waals surface area contributed by atoms with E-state index in [1.807, 2.05) is 0 Å². The number of aliphatic hydroxyl groups excluding tert-OH is 1. The van der Waals surface area contributed by atoms with Crippen molar-refractivity contribution in [3.05, 3.63) is 0 Å². The van der Waals surface area contributed by atoms with Crippen molar-refractivity contribution in [3.63, 3.8) is 0 Å². The van der Waals surface area contributed by atoms with E-state index in [1.54, 1.807) is 0 Å². The molecule has 2 unspecified atom stereocenters. The van der Waals surface area contributed by atoms with Crippen LogP contribution in [0.15, 0.2) is 0 Å². The average Bonchev–Trinajstić information content (AvgIpc) is 2.66. The van der Waals surface area contributed by atoms with Crippen LogP contribution >= 0.6 is 11.8 Å². The Labute approximate surface area is 98.2 Å². The fourth-order valence-electron chi connectivity index (χ4n) is 2.23. The SMILES string of the molecule is CCSC1CCC(NCCCCCO)C1. The Morgan fingerprint density at radius 3 is 2.87 bits per heavy atom. The van der Waals surface area contributed by atoms with Crippen molar-refractivity contribution >= 4 is 11.8 Å². The van der Waals surface area contributed by atoms with Crippen molar-refractivity contribution in [1.29, 1.82) is 0 Å². The summed E-state index contributed by atoms with van der Waals surface area (Å²) < 4.78 is 0. The van der Waals surface area contributed by atoms with Crippen molar-refractivity contribution in [2.75, 3.05) is 18.9 Å². The van der Waals surface area contributed by atoms with Gasteiger partial charge < -0.3 is 10.4 Å². The predicted octanol–water partition coefficient (Wildman–Crippen LogP) is 2.41. The summed E-state index contributed by atoms with van der Waals surface area (Å²) in [6.07, 6.45) is 7.44. The lowest BCUT2D eigenvalue weighted by Gasteiger charge is -2.12. The number of thioether (sulfide) groups is 1. The molecule has 2 nitrogen and oxygen atoms in total. The smallest absolute Gasteiger partial charge is 0.0431 e. The van der Waals surface area contributed by atoms with Crippen LogP contribution in [0.5, 0.6) is 0 Å². The first-order valence-electron chi connectivity index (χ1n) is 6.32. The number of hydrogen-bond donors (Lipinski definition) is 2. The van der Waals surface area contributed by atoms with Crippen LogP contribution in [0.1, 0.15) is 45.4 Å². The topological polar surface area (TPSA) is 32.3 Å². The molecular formula is C12H25NOS. The molecule has 1 rings (SSSR count). The van der Waals surface area contributed by atoms with Gasteiger partial charge in [-0.3, -0.25) is 0 Å². The highest BCUT2D eigenvalue weighted by Crippen LogP contribution is 2.29. The fourth-order valence-corrected chi connectivity index (χ4v) is 3.37. The maximum atomic E-state index is 8.65. The molecule has 0 spiro atoms. The van der Waals surface area contributed by atoms with E-state index in [9.17, 15) is 0 Å². The predicted molar refractivity (Wildman–Crippen MR) is 68.5 cm³/mol. The van der Waals surface area contributed by atoms with Crippen molar-refractivity contribution in [2.24, 2.45) is 0 Å². The van der Waals surface area contributed by atoms with Crippen molar-refractivity contribution in [2.45, 2.75) is 56.7 Å². The Kier molecular flexibility index (Phi) is 7.49. The van der Waals surface area contributed by atoms with E-state index < -0.39 is 0 Å². The summed E-state index contributed by atoms with van der Waals surface area (Å²) in [5.41, 5.74) is 0. The van der Waals surface area contributed by atoms with Gasteiger partial charge in [-0.25, -0.2) is 0 Å². The average molecular weight is 231 g/mol. The highest BCUT2D eigenvalue weighted by atomic mass is 32.2. The van der Waals surface area contributed by atoms with Gasteiger partial charge in [0.2, 0.25) is 0 Å². The molecule has 0 heterocycles. The Morgan fingerprint density at radius 2 is 2.13 bits per heavy atom. The molecule has 1 aliphatic carbocycles. The summed E-state index contributed by atoms with van der Waals surface area (Å²) in [4.78, 5) is 0. The molecule has 1 fully saturated rings. The van der Waals surface area contributed by atoms with Crippen LogP contribution in [0.4, 0.5) is 0 Å². The zero-order valence-electron chi connectivity index (χ0n) is 9.87. The summed E-state index contributed by atoms with van der Waals surface area (Å²) in [5.74, 6) is 1.26. The zero-order valence-corrected chi connectivity index (χ0v) is 10.7. The van der Waals surface area contributed by atoms with Crippen LogP contribution in [-0.4, -0.2) is 35.3 Å². The van der Waals surface area contributed by atoms with Crippen molar-refractivity contribution in [3.8, 4) is 0 Å². The summed E-state index contributed by atoms with van der Waals surface area (Å²) in [6.45, 7) is 3.73. The maximum absolute atomic E-state index is 8.65. The summed E-state index contributed by atoms with van der Waals surface area (Å²) >= 11 is 2.12. The van der Waals surface area contributed by atoms with E-state index in [0.29, 0.717) is 6.61 Å². The van der Waals surface area contributed by atoms with Gasteiger partial charge in [-0.15, -0.1) is 0 Å².